The van der Waals surface area contributed by atoms with E-state index in [0.717, 1.165) is 22.2 Å². The minimum Gasteiger partial charge on any atom is -0.457 e. The van der Waals surface area contributed by atoms with E-state index in [2.05, 4.69) is 19.2 Å². The molecule has 0 aliphatic carbocycles. The fourth-order valence-electron chi connectivity index (χ4n) is 3.33. The van der Waals surface area contributed by atoms with E-state index in [9.17, 15) is 14.4 Å². The van der Waals surface area contributed by atoms with Crippen LogP contribution in [0.5, 0.6) is 0 Å². The highest BCUT2D eigenvalue weighted by atomic mass is 35.5. The van der Waals surface area contributed by atoms with Crippen molar-refractivity contribution in [3.8, 4) is 11.3 Å². The molecular formula is C25H20Cl2N2O4S. The molecule has 1 saturated heterocycles. The average Bonchev–Trinajstić information content (AvgIpc) is 3.36. The van der Waals surface area contributed by atoms with Crippen LogP contribution in [-0.2, 0) is 9.59 Å². The highest BCUT2D eigenvalue weighted by Gasteiger charge is 2.36. The number of halogens is 2. The number of anilines is 1. The van der Waals surface area contributed by atoms with Crippen LogP contribution >= 0.6 is 35.0 Å². The Morgan fingerprint density at radius 1 is 1.09 bits per heavy atom. The highest BCUT2D eigenvalue weighted by molar-refractivity contribution is 8.18. The third-order valence-electron chi connectivity index (χ3n) is 5.15. The Balaban J connectivity index is 1.44. The lowest BCUT2D eigenvalue weighted by Crippen LogP contribution is -2.36. The summed E-state index contributed by atoms with van der Waals surface area (Å²) in [5.74, 6) is 0.197. The van der Waals surface area contributed by atoms with Gasteiger partial charge in [0, 0.05) is 17.3 Å². The maximum Gasteiger partial charge on any atom is 0.294 e. The van der Waals surface area contributed by atoms with Gasteiger partial charge in [-0.3, -0.25) is 19.3 Å². The van der Waals surface area contributed by atoms with Crippen molar-refractivity contribution in [3.05, 3.63) is 80.9 Å². The summed E-state index contributed by atoms with van der Waals surface area (Å²) in [5, 5.41) is 2.95. The van der Waals surface area contributed by atoms with E-state index in [0.29, 0.717) is 38.7 Å². The summed E-state index contributed by atoms with van der Waals surface area (Å²) in [6, 6.07) is 16.0. The van der Waals surface area contributed by atoms with Gasteiger partial charge in [0.15, 0.2) is 0 Å². The van der Waals surface area contributed by atoms with Crippen molar-refractivity contribution in [2.75, 3.05) is 11.9 Å². The Labute approximate surface area is 210 Å². The quantitative estimate of drug-likeness (QED) is 0.356. The highest BCUT2D eigenvalue weighted by Crippen LogP contribution is 2.36. The number of hydrogen-bond donors (Lipinski definition) is 1. The fourth-order valence-corrected chi connectivity index (χ4v) is 4.54. The van der Waals surface area contributed by atoms with E-state index in [1.807, 2.05) is 12.1 Å². The van der Waals surface area contributed by atoms with Crippen molar-refractivity contribution in [2.24, 2.45) is 0 Å². The summed E-state index contributed by atoms with van der Waals surface area (Å²) >= 11 is 13.1. The zero-order chi connectivity index (χ0) is 24.4. The molecule has 1 N–H and O–H groups in total. The van der Waals surface area contributed by atoms with Crippen LogP contribution in [-0.4, -0.2) is 28.5 Å². The third kappa shape index (κ3) is 5.22. The topological polar surface area (TPSA) is 79.6 Å². The molecule has 2 heterocycles. The smallest absolute Gasteiger partial charge is 0.294 e. The molecule has 0 unspecified atom stereocenters. The molecule has 4 rings (SSSR count). The zero-order valence-electron chi connectivity index (χ0n) is 18.3. The minimum absolute atomic E-state index is 0.164. The van der Waals surface area contributed by atoms with E-state index in [1.54, 1.807) is 42.5 Å². The normalized spacial score (nSPS) is 15.0. The maximum absolute atomic E-state index is 12.8. The lowest BCUT2D eigenvalue weighted by Gasteiger charge is -2.13. The molecule has 174 valence electrons. The number of furan rings is 1. The van der Waals surface area contributed by atoms with Gasteiger partial charge in [-0.1, -0.05) is 55.2 Å². The van der Waals surface area contributed by atoms with Gasteiger partial charge in [0.2, 0.25) is 5.91 Å². The zero-order valence-corrected chi connectivity index (χ0v) is 20.6. The molecule has 0 radical (unpaired) electrons. The molecule has 6 nitrogen and oxygen atoms in total. The largest absolute Gasteiger partial charge is 0.457 e. The number of amides is 3. The number of carbonyl (C=O) groups is 3. The number of nitrogens with zero attached hydrogens (tertiary/aromatic N) is 1. The standard InChI is InChI=1S/C25H20Cl2N2O4S/c1-14(2)15-6-8-16(9-7-15)28-22(30)13-29-24(31)21(34-25(29)32)12-17-10-11-20(33-17)18-4-3-5-19(26)23(18)27/h3-12,14H,13H2,1-2H3,(H,28,30)/b21-12+. The van der Waals surface area contributed by atoms with Crippen LogP contribution in [0.15, 0.2) is 63.9 Å². The number of benzene rings is 2. The Hall–Kier alpha value is -3.00. The van der Waals surface area contributed by atoms with Crippen LogP contribution in [0, 0.1) is 0 Å². The molecule has 0 bridgehead atoms. The predicted octanol–water partition coefficient (Wildman–Crippen LogP) is 7.05. The first-order valence-electron chi connectivity index (χ1n) is 10.4. The Kier molecular flexibility index (Phi) is 7.16. The molecule has 1 aliphatic rings. The van der Waals surface area contributed by atoms with E-state index in [-0.39, 0.29) is 11.4 Å². The minimum atomic E-state index is -0.556. The van der Waals surface area contributed by atoms with Crippen LogP contribution in [0.4, 0.5) is 10.5 Å². The van der Waals surface area contributed by atoms with Crippen LogP contribution in [0.2, 0.25) is 10.0 Å². The Morgan fingerprint density at radius 2 is 1.82 bits per heavy atom. The summed E-state index contributed by atoms with van der Waals surface area (Å²) < 4.78 is 5.78. The molecule has 1 aromatic heterocycles. The Morgan fingerprint density at radius 3 is 2.53 bits per heavy atom. The molecule has 34 heavy (non-hydrogen) atoms. The lowest BCUT2D eigenvalue weighted by atomic mass is 10.0. The van der Waals surface area contributed by atoms with E-state index in [1.165, 1.54) is 6.08 Å². The molecule has 0 saturated carbocycles. The van der Waals surface area contributed by atoms with Gasteiger partial charge >= 0.3 is 0 Å². The van der Waals surface area contributed by atoms with Crippen LogP contribution in [0.1, 0.15) is 31.1 Å². The summed E-state index contributed by atoms with van der Waals surface area (Å²) in [5.41, 5.74) is 2.35. The molecule has 1 fully saturated rings. The van der Waals surface area contributed by atoms with Gasteiger partial charge in [0.05, 0.1) is 15.0 Å². The summed E-state index contributed by atoms with van der Waals surface area (Å²) in [6.45, 7) is 3.78. The molecule has 1 aliphatic heterocycles. The average molecular weight is 515 g/mol. The molecule has 0 atom stereocenters. The van der Waals surface area contributed by atoms with Gasteiger partial charge in [0.1, 0.15) is 18.1 Å². The number of nitrogens with one attached hydrogen (secondary N) is 1. The maximum atomic E-state index is 12.8. The number of hydrogen-bond acceptors (Lipinski definition) is 5. The fraction of sp³-hybridized carbons (Fsp3) is 0.160. The van der Waals surface area contributed by atoms with Gasteiger partial charge in [-0.05, 0) is 59.6 Å². The van der Waals surface area contributed by atoms with Gasteiger partial charge in [0.25, 0.3) is 11.1 Å². The van der Waals surface area contributed by atoms with Gasteiger partial charge < -0.3 is 9.73 Å². The van der Waals surface area contributed by atoms with Gasteiger partial charge in [-0.2, -0.15) is 0 Å². The summed E-state index contributed by atoms with van der Waals surface area (Å²) in [6.07, 6.45) is 1.47. The van der Waals surface area contributed by atoms with Crippen molar-refractivity contribution in [3.63, 3.8) is 0 Å². The Bertz CT molecular complexity index is 1300. The first kappa shape index (κ1) is 24.1. The van der Waals surface area contributed by atoms with Crippen LogP contribution < -0.4 is 5.32 Å². The van der Waals surface area contributed by atoms with Crippen molar-refractivity contribution in [1.82, 2.24) is 4.90 Å². The number of imide groups is 1. The van der Waals surface area contributed by atoms with Crippen LogP contribution in [0.25, 0.3) is 17.4 Å². The van der Waals surface area contributed by atoms with Crippen molar-refractivity contribution < 1.29 is 18.8 Å². The van der Waals surface area contributed by atoms with E-state index in [4.69, 9.17) is 27.6 Å². The molecular weight excluding hydrogens is 495 g/mol. The SMILES string of the molecule is CC(C)c1ccc(NC(=O)CN2C(=O)S/C(=C/c3ccc(-c4cccc(Cl)c4Cl)o3)C2=O)cc1. The first-order chi connectivity index (χ1) is 16.2. The summed E-state index contributed by atoms with van der Waals surface area (Å²) in [4.78, 5) is 38.7. The number of thioether (sulfide) groups is 1. The second kappa shape index (κ2) is 10.1. The van der Waals surface area contributed by atoms with Gasteiger partial charge in [-0.25, -0.2) is 0 Å². The van der Waals surface area contributed by atoms with Crippen molar-refractivity contribution >= 4 is 63.8 Å². The van der Waals surface area contributed by atoms with Crippen molar-refractivity contribution in [1.29, 1.82) is 0 Å². The predicted molar refractivity (Wildman–Crippen MR) is 136 cm³/mol. The second-order valence-corrected chi connectivity index (χ2v) is 9.67. The third-order valence-corrected chi connectivity index (χ3v) is 6.88. The second-order valence-electron chi connectivity index (χ2n) is 7.90. The molecule has 2 aromatic carbocycles. The monoisotopic (exact) mass is 514 g/mol. The van der Waals surface area contributed by atoms with Crippen LogP contribution in [0.3, 0.4) is 0 Å². The van der Waals surface area contributed by atoms with E-state index >= 15 is 0 Å². The number of rotatable bonds is 6. The van der Waals surface area contributed by atoms with Gasteiger partial charge in [-0.15, -0.1) is 0 Å². The summed E-state index contributed by atoms with van der Waals surface area (Å²) in [7, 11) is 0. The first-order valence-corrected chi connectivity index (χ1v) is 12.0. The molecule has 3 aromatic rings. The van der Waals surface area contributed by atoms with E-state index < -0.39 is 17.1 Å². The van der Waals surface area contributed by atoms with Crippen molar-refractivity contribution in [2.45, 2.75) is 19.8 Å². The molecule has 3 amide bonds. The molecule has 0 spiro atoms. The molecule has 9 heteroatoms. The lowest BCUT2D eigenvalue weighted by molar-refractivity contribution is -0.127. The number of carbonyl (C=O) groups excluding carboxylic acids is 3.